The molecule has 0 aliphatic rings. The molecule has 0 radical (unpaired) electrons. The molecular weight excluding hydrogens is 384 g/mol. The standard InChI is InChI=1S/C17H18N6O2S2/c1-3-23-15(12-4-6-13(7-5-12)19-11(2)24)21-22-17(23)27-10-14(25)20-16-18-8-9-26-16/h4-9H,3,10H2,1-2H3,(H,19,24)(H,18,20,25). The van der Waals surface area contributed by atoms with Gasteiger partial charge in [-0.1, -0.05) is 11.8 Å². The second kappa shape index (κ2) is 8.78. The molecule has 0 bridgehead atoms. The smallest absolute Gasteiger partial charge is 0.236 e. The van der Waals surface area contributed by atoms with Crippen LogP contribution in [0.4, 0.5) is 10.8 Å². The number of hydrogen-bond donors (Lipinski definition) is 2. The number of aromatic nitrogens is 4. The molecule has 2 heterocycles. The van der Waals surface area contributed by atoms with E-state index in [1.807, 2.05) is 35.8 Å². The van der Waals surface area contributed by atoms with Crippen molar-refractivity contribution in [3.63, 3.8) is 0 Å². The minimum Gasteiger partial charge on any atom is -0.326 e. The van der Waals surface area contributed by atoms with Crippen LogP contribution < -0.4 is 10.6 Å². The third-order valence-electron chi connectivity index (χ3n) is 3.51. The van der Waals surface area contributed by atoms with Gasteiger partial charge in [-0.2, -0.15) is 0 Å². The Bertz CT molecular complexity index is 922. The van der Waals surface area contributed by atoms with Crippen molar-refractivity contribution in [1.29, 1.82) is 0 Å². The highest BCUT2D eigenvalue weighted by Gasteiger charge is 2.15. The summed E-state index contributed by atoms with van der Waals surface area (Å²) in [7, 11) is 0. The zero-order chi connectivity index (χ0) is 19.2. The first-order valence-corrected chi connectivity index (χ1v) is 10.1. The summed E-state index contributed by atoms with van der Waals surface area (Å²) in [5.74, 6) is 0.685. The summed E-state index contributed by atoms with van der Waals surface area (Å²) >= 11 is 2.70. The SMILES string of the molecule is CCn1c(SCC(=O)Nc2nccs2)nnc1-c1ccc(NC(C)=O)cc1. The number of anilines is 2. The van der Waals surface area contributed by atoms with Crippen molar-refractivity contribution in [2.45, 2.75) is 25.5 Å². The summed E-state index contributed by atoms with van der Waals surface area (Å²) in [6, 6.07) is 7.40. The molecule has 0 aliphatic heterocycles. The largest absolute Gasteiger partial charge is 0.326 e. The molecule has 0 saturated carbocycles. The zero-order valence-electron chi connectivity index (χ0n) is 14.8. The van der Waals surface area contributed by atoms with Crippen LogP contribution in [0.25, 0.3) is 11.4 Å². The van der Waals surface area contributed by atoms with Crippen molar-refractivity contribution < 1.29 is 9.59 Å². The monoisotopic (exact) mass is 402 g/mol. The number of benzene rings is 1. The van der Waals surface area contributed by atoms with Gasteiger partial charge >= 0.3 is 0 Å². The number of rotatable bonds is 7. The van der Waals surface area contributed by atoms with Gasteiger partial charge in [0.25, 0.3) is 0 Å². The van der Waals surface area contributed by atoms with Gasteiger partial charge in [-0.3, -0.25) is 9.59 Å². The number of nitrogens with zero attached hydrogens (tertiary/aromatic N) is 4. The maximum Gasteiger partial charge on any atom is 0.236 e. The van der Waals surface area contributed by atoms with Crippen LogP contribution in [-0.2, 0) is 16.1 Å². The number of hydrogen-bond acceptors (Lipinski definition) is 7. The Balaban J connectivity index is 1.69. The van der Waals surface area contributed by atoms with Crippen LogP contribution in [0.1, 0.15) is 13.8 Å². The average Bonchev–Trinajstić information content (AvgIpc) is 3.29. The molecule has 27 heavy (non-hydrogen) atoms. The summed E-state index contributed by atoms with van der Waals surface area (Å²) in [6.07, 6.45) is 1.64. The molecule has 0 fully saturated rings. The van der Waals surface area contributed by atoms with E-state index in [1.165, 1.54) is 30.0 Å². The predicted molar refractivity (Wildman–Crippen MR) is 107 cm³/mol. The van der Waals surface area contributed by atoms with E-state index in [9.17, 15) is 9.59 Å². The lowest BCUT2D eigenvalue weighted by atomic mass is 10.2. The second-order valence-electron chi connectivity index (χ2n) is 5.48. The van der Waals surface area contributed by atoms with Crippen LogP contribution >= 0.6 is 23.1 Å². The molecule has 2 amide bonds. The molecule has 3 rings (SSSR count). The van der Waals surface area contributed by atoms with Gasteiger partial charge in [-0.05, 0) is 31.2 Å². The van der Waals surface area contributed by atoms with E-state index in [1.54, 1.807) is 11.6 Å². The minimum atomic E-state index is -0.137. The van der Waals surface area contributed by atoms with Gasteiger partial charge in [0.15, 0.2) is 16.1 Å². The molecule has 10 heteroatoms. The first kappa shape index (κ1) is 19.1. The Labute approximate surface area is 164 Å². The van der Waals surface area contributed by atoms with Crippen molar-refractivity contribution in [1.82, 2.24) is 19.7 Å². The number of thioether (sulfide) groups is 1. The van der Waals surface area contributed by atoms with Crippen LogP contribution in [0.3, 0.4) is 0 Å². The van der Waals surface area contributed by atoms with E-state index in [0.717, 1.165) is 17.1 Å². The second-order valence-corrected chi connectivity index (χ2v) is 7.32. The number of nitrogens with one attached hydrogen (secondary N) is 2. The molecule has 0 saturated heterocycles. The van der Waals surface area contributed by atoms with E-state index in [2.05, 4.69) is 25.8 Å². The van der Waals surface area contributed by atoms with Crippen LogP contribution in [0.2, 0.25) is 0 Å². The maximum atomic E-state index is 12.0. The topological polar surface area (TPSA) is 102 Å². The Morgan fingerprint density at radius 1 is 1.19 bits per heavy atom. The van der Waals surface area contributed by atoms with Gasteiger partial charge in [0.2, 0.25) is 11.8 Å². The molecular formula is C17H18N6O2S2. The number of thiazole rings is 1. The third kappa shape index (κ3) is 4.92. The predicted octanol–water partition coefficient (Wildman–Crippen LogP) is 3.11. The lowest BCUT2D eigenvalue weighted by molar-refractivity contribution is -0.114. The highest BCUT2D eigenvalue weighted by molar-refractivity contribution is 7.99. The van der Waals surface area contributed by atoms with E-state index in [-0.39, 0.29) is 17.6 Å². The first-order valence-electron chi connectivity index (χ1n) is 8.20. The van der Waals surface area contributed by atoms with Crippen LogP contribution in [0, 0.1) is 0 Å². The number of amides is 2. The fourth-order valence-corrected chi connectivity index (χ4v) is 3.72. The van der Waals surface area contributed by atoms with E-state index < -0.39 is 0 Å². The number of carbonyl (C=O) groups excluding carboxylic acids is 2. The molecule has 3 aromatic rings. The van der Waals surface area contributed by atoms with Gasteiger partial charge in [-0.15, -0.1) is 21.5 Å². The van der Waals surface area contributed by atoms with Crippen molar-refractivity contribution >= 4 is 45.7 Å². The quantitative estimate of drug-likeness (QED) is 0.589. The molecule has 1 aromatic carbocycles. The molecule has 2 N–H and O–H groups in total. The third-order valence-corrected chi connectivity index (χ3v) is 5.16. The lowest BCUT2D eigenvalue weighted by Crippen LogP contribution is -2.14. The molecule has 0 aliphatic carbocycles. The zero-order valence-corrected chi connectivity index (χ0v) is 16.4. The van der Waals surface area contributed by atoms with Crippen molar-refractivity contribution in [3.8, 4) is 11.4 Å². The Kier molecular flexibility index (Phi) is 6.20. The Morgan fingerprint density at radius 2 is 1.96 bits per heavy atom. The maximum absolute atomic E-state index is 12.0. The summed E-state index contributed by atoms with van der Waals surface area (Å²) in [5, 5.41) is 17.0. The molecule has 0 unspecified atom stereocenters. The number of carbonyl (C=O) groups is 2. The molecule has 0 spiro atoms. The summed E-state index contributed by atoms with van der Waals surface area (Å²) in [6.45, 7) is 4.14. The van der Waals surface area contributed by atoms with Gasteiger partial charge in [-0.25, -0.2) is 4.98 Å². The highest BCUT2D eigenvalue weighted by atomic mass is 32.2. The van der Waals surface area contributed by atoms with Gasteiger partial charge in [0.05, 0.1) is 5.75 Å². The van der Waals surface area contributed by atoms with Crippen molar-refractivity contribution in [2.75, 3.05) is 16.4 Å². The summed E-state index contributed by atoms with van der Waals surface area (Å²) in [4.78, 5) is 27.2. The molecule has 8 nitrogen and oxygen atoms in total. The highest BCUT2D eigenvalue weighted by Crippen LogP contribution is 2.25. The van der Waals surface area contributed by atoms with Crippen LogP contribution in [0.15, 0.2) is 41.0 Å². The molecule has 2 aromatic heterocycles. The van der Waals surface area contributed by atoms with Crippen LogP contribution in [0.5, 0.6) is 0 Å². The fraction of sp³-hybridized carbons (Fsp3) is 0.235. The summed E-state index contributed by atoms with van der Waals surface area (Å²) in [5.41, 5.74) is 1.61. The van der Waals surface area contributed by atoms with Crippen molar-refractivity contribution in [2.24, 2.45) is 0 Å². The fourth-order valence-electron chi connectivity index (χ4n) is 2.37. The van der Waals surface area contributed by atoms with Gasteiger partial charge < -0.3 is 15.2 Å². The van der Waals surface area contributed by atoms with Crippen molar-refractivity contribution in [3.05, 3.63) is 35.8 Å². The van der Waals surface area contributed by atoms with Gasteiger partial charge in [0.1, 0.15) is 0 Å². The first-order chi connectivity index (χ1) is 13.1. The average molecular weight is 403 g/mol. The van der Waals surface area contributed by atoms with E-state index >= 15 is 0 Å². The lowest BCUT2D eigenvalue weighted by Gasteiger charge is -2.08. The Hall–Kier alpha value is -2.72. The van der Waals surface area contributed by atoms with E-state index in [0.29, 0.717) is 16.8 Å². The minimum absolute atomic E-state index is 0.116. The van der Waals surface area contributed by atoms with E-state index in [4.69, 9.17) is 0 Å². The molecule has 0 atom stereocenters. The molecule has 140 valence electrons. The normalized spacial score (nSPS) is 10.6. The summed E-state index contributed by atoms with van der Waals surface area (Å²) < 4.78 is 1.95. The van der Waals surface area contributed by atoms with Gasteiger partial charge in [0, 0.05) is 36.3 Å². The Morgan fingerprint density at radius 3 is 2.59 bits per heavy atom. The van der Waals surface area contributed by atoms with Crippen LogP contribution in [-0.4, -0.2) is 37.3 Å².